The molecule has 0 amide bonds. The minimum atomic E-state index is -4.36. The van der Waals surface area contributed by atoms with Gasteiger partial charge in [0.2, 0.25) is 0 Å². The van der Waals surface area contributed by atoms with Gasteiger partial charge in [-0.25, -0.2) is 9.67 Å². The SMILES string of the molecule is COc1cc(/C=C/c2nc3n(n2)CCCC3c2cccc(C(F)(F)F)c2)ccc1C. The van der Waals surface area contributed by atoms with Crippen molar-refractivity contribution in [1.29, 1.82) is 0 Å². The zero-order chi connectivity index (χ0) is 21.3. The maximum absolute atomic E-state index is 13.1. The molecule has 0 saturated carbocycles. The number of hydrogen-bond donors (Lipinski definition) is 0. The number of halogens is 3. The van der Waals surface area contributed by atoms with E-state index < -0.39 is 11.7 Å². The molecule has 156 valence electrons. The molecule has 0 fully saturated rings. The number of hydrogen-bond acceptors (Lipinski definition) is 3. The predicted octanol–water partition coefficient (Wildman–Crippen LogP) is 5.71. The molecule has 1 atom stereocenters. The van der Waals surface area contributed by atoms with Crippen LogP contribution in [0.1, 0.15) is 52.7 Å². The van der Waals surface area contributed by atoms with Crippen molar-refractivity contribution in [2.24, 2.45) is 0 Å². The van der Waals surface area contributed by atoms with Crippen LogP contribution in [0.2, 0.25) is 0 Å². The number of ether oxygens (including phenoxy) is 1. The van der Waals surface area contributed by atoms with Crippen LogP contribution >= 0.6 is 0 Å². The summed E-state index contributed by atoms with van der Waals surface area (Å²) in [6.07, 6.45) is 0.955. The van der Waals surface area contributed by atoms with Gasteiger partial charge < -0.3 is 4.74 Å². The second kappa shape index (κ2) is 7.97. The van der Waals surface area contributed by atoms with Gasteiger partial charge in [0, 0.05) is 12.5 Å². The third-order valence-corrected chi connectivity index (χ3v) is 5.36. The van der Waals surface area contributed by atoms with Gasteiger partial charge in [-0.15, -0.1) is 0 Å². The molecule has 1 aromatic heterocycles. The fourth-order valence-corrected chi connectivity index (χ4v) is 3.80. The molecule has 4 nitrogen and oxygen atoms in total. The Morgan fingerprint density at radius 3 is 2.73 bits per heavy atom. The Balaban J connectivity index is 1.62. The van der Waals surface area contributed by atoms with Crippen molar-refractivity contribution in [3.05, 3.63) is 76.4 Å². The average Bonchev–Trinajstić information content (AvgIpc) is 3.16. The molecule has 0 spiro atoms. The van der Waals surface area contributed by atoms with Crippen molar-refractivity contribution >= 4 is 12.2 Å². The highest BCUT2D eigenvalue weighted by molar-refractivity contribution is 5.67. The van der Waals surface area contributed by atoms with Gasteiger partial charge in [-0.05, 0) is 54.7 Å². The fraction of sp³-hybridized carbons (Fsp3) is 0.304. The first-order valence-electron chi connectivity index (χ1n) is 9.80. The number of nitrogens with zero attached hydrogens (tertiary/aromatic N) is 3. The van der Waals surface area contributed by atoms with E-state index in [1.807, 2.05) is 42.0 Å². The summed E-state index contributed by atoms with van der Waals surface area (Å²) >= 11 is 0. The van der Waals surface area contributed by atoms with Gasteiger partial charge in [-0.1, -0.05) is 36.4 Å². The number of aryl methyl sites for hydroxylation is 2. The number of benzene rings is 2. The lowest BCUT2D eigenvalue weighted by atomic mass is 9.90. The zero-order valence-corrected chi connectivity index (χ0v) is 16.8. The first-order chi connectivity index (χ1) is 14.3. The van der Waals surface area contributed by atoms with E-state index in [0.717, 1.165) is 35.8 Å². The molecule has 1 aliphatic heterocycles. The van der Waals surface area contributed by atoms with E-state index in [4.69, 9.17) is 4.74 Å². The summed E-state index contributed by atoms with van der Waals surface area (Å²) in [4.78, 5) is 4.63. The zero-order valence-electron chi connectivity index (χ0n) is 16.8. The van der Waals surface area contributed by atoms with E-state index in [1.165, 1.54) is 12.1 Å². The summed E-state index contributed by atoms with van der Waals surface area (Å²) in [6.45, 7) is 2.69. The summed E-state index contributed by atoms with van der Waals surface area (Å²) in [5, 5.41) is 4.54. The lowest BCUT2D eigenvalue weighted by Gasteiger charge is -2.23. The van der Waals surface area contributed by atoms with E-state index >= 15 is 0 Å². The van der Waals surface area contributed by atoms with Gasteiger partial charge in [0.15, 0.2) is 5.82 Å². The summed E-state index contributed by atoms with van der Waals surface area (Å²) in [6, 6.07) is 11.4. The lowest BCUT2D eigenvalue weighted by Crippen LogP contribution is -2.18. The van der Waals surface area contributed by atoms with Crippen LogP contribution in [-0.4, -0.2) is 21.9 Å². The van der Waals surface area contributed by atoms with Gasteiger partial charge in [0.1, 0.15) is 11.6 Å². The van der Waals surface area contributed by atoms with Crippen LogP contribution in [0.15, 0.2) is 42.5 Å². The average molecular weight is 413 g/mol. The summed E-state index contributed by atoms with van der Waals surface area (Å²) in [5.74, 6) is 1.86. The molecule has 2 heterocycles. The molecule has 7 heteroatoms. The van der Waals surface area contributed by atoms with Crippen LogP contribution in [0.25, 0.3) is 12.2 Å². The Hall–Kier alpha value is -3.09. The van der Waals surface area contributed by atoms with Gasteiger partial charge >= 0.3 is 6.18 Å². The van der Waals surface area contributed by atoms with E-state index in [0.29, 0.717) is 23.8 Å². The molecule has 0 aliphatic carbocycles. The van der Waals surface area contributed by atoms with E-state index in [9.17, 15) is 13.2 Å². The predicted molar refractivity (Wildman–Crippen MR) is 109 cm³/mol. The van der Waals surface area contributed by atoms with Crippen molar-refractivity contribution in [1.82, 2.24) is 14.8 Å². The molecule has 4 rings (SSSR count). The number of rotatable bonds is 4. The van der Waals surface area contributed by atoms with Crippen molar-refractivity contribution in [3.8, 4) is 5.75 Å². The third kappa shape index (κ3) is 4.10. The van der Waals surface area contributed by atoms with Gasteiger partial charge in [-0.3, -0.25) is 0 Å². The van der Waals surface area contributed by atoms with Crippen LogP contribution in [0.3, 0.4) is 0 Å². The van der Waals surface area contributed by atoms with E-state index in [-0.39, 0.29) is 5.92 Å². The smallest absolute Gasteiger partial charge is 0.416 e. The molecule has 2 aromatic carbocycles. The number of fused-ring (bicyclic) bond motifs is 1. The lowest BCUT2D eigenvalue weighted by molar-refractivity contribution is -0.137. The highest BCUT2D eigenvalue weighted by Crippen LogP contribution is 2.36. The summed E-state index contributed by atoms with van der Waals surface area (Å²) in [5.41, 5.74) is 2.00. The standard InChI is InChI=1S/C23H22F3N3O/c1-15-8-9-16(13-20(15)30-2)10-11-21-27-22-19(7-4-12-29(22)28-21)17-5-3-6-18(14-17)23(24,25)26/h3,5-6,8-11,13-14,19H,4,7,12H2,1-2H3/b11-10+. The molecule has 30 heavy (non-hydrogen) atoms. The van der Waals surface area contributed by atoms with Crippen molar-refractivity contribution in [2.75, 3.05) is 7.11 Å². The second-order valence-electron chi connectivity index (χ2n) is 7.43. The van der Waals surface area contributed by atoms with Gasteiger partial charge in [0.05, 0.1) is 12.7 Å². The number of alkyl halides is 3. The molecular formula is C23H22F3N3O. The molecule has 0 radical (unpaired) electrons. The fourth-order valence-electron chi connectivity index (χ4n) is 3.80. The first-order valence-corrected chi connectivity index (χ1v) is 9.80. The quantitative estimate of drug-likeness (QED) is 0.550. The number of aromatic nitrogens is 3. The first kappa shape index (κ1) is 20.2. The van der Waals surface area contributed by atoms with Crippen LogP contribution in [0.5, 0.6) is 5.75 Å². The van der Waals surface area contributed by atoms with Crippen LogP contribution in [0.4, 0.5) is 13.2 Å². The number of methoxy groups -OCH3 is 1. The summed E-state index contributed by atoms with van der Waals surface area (Å²) in [7, 11) is 1.63. The van der Waals surface area contributed by atoms with Crippen LogP contribution < -0.4 is 4.74 Å². The molecule has 0 N–H and O–H groups in total. The largest absolute Gasteiger partial charge is 0.496 e. The molecule has 0 bridgehead atoms. The summed E-state index contributed by atoms with van der Waals surface area (Å²) < 4.78 is 46.5. The van der Waals surface area contributed by atoms with Crippen LogP contribution in [-0.2, 0) is 12.7 Å². The Labute approximate surface area is 173 Å². The van der Waals surface area contributed by atoms with Crippen molar-refractivity contribution in [2.45, 2.75) is 38.4 Å². The van der Waals surface area contributed by atoms with Crippen molar-refractivity contribution in [3.63, 3.8) is 0 Å². The molecule has 3 aromatic rings. The topological polar surface area (TPSA) is 39.9 Å². The normalized spacial score (nSPS) is 16.6. The molecule has 1 unspecified atom stereocenters. The maximum Gasteiger partial charge on any atom is 0.416 e. The van der Waals surface area contributed by atoms with E-state index in [2.05, 4.69) is 10.1 Å². The van der Waals surface area contributed by atoms with E-state index in [1.54, 1.807) is 13.2 Å². The van der Waals surface area contributed by atoms with Crippen molar-refractivity contribution < 1.29 is 17.9 Å². The molecular weight excluding hydrogens is 391 g/mol. The molecule has 1 aliphatic rings. The Kier molecular flexibility index (Phi) is 5.37. The molecule has 0 saturated heterocycles. The Bertz CT molecular complexity index is 1090. The Morgan fingerprint density at radius 1 is 1.13 bits per heavy atom. The van der Waals surface area contributed by atoms with Gasteiger partial charge in [-0.2, -0.15) is 18.3 Å². The minimum absolute atomic E-state index is 0.199. The maximum atomic E-state index is 13.1. The van der Waals surface area contributed by atoms with Crippen LogP contribution in [0, 0.1) is 6.92 Å². The monoisotopic (exact) mass is 413 g/mol. The Morgan fingerprint density at radius 2 is 1.97 bits per heavy atom. The highest BCUT2D eigenvalue weighted by atomic mass is 19.4. The third-order valence-electron chi connectivity index (χ3n) is 5.36. The highest BCUT2D eigenvalue weighted by Gasteiger charge is 2.32. The second-order valence-corrected chi connectivity index (χ2v) is 7.43. The minimum Gasteiger partial charge on any atom is -0.496 e. The van der Waals surface area contributed by atoms with Gasteiger partial charge in [0.25, 0.3) is 0 Å².